The van der Waals surface area contributed by atoms with Crippen molar-refractivity contribution in [2.45, 2.75) is 84.2 Å². The normalized spacial score (nSPS) is 26.0. The highest BCUT2D eigenvalue weighted by Gasteiger charge is 2.47. The zero-order chi connectivity index (χ0) is 29.0. The molecule has 1 amide bonds. The maximum Gasteiger partial charge on any atom is 0.226 e. The topological polar surface area (TPSA) is 107 Å². The van der Waals surface area contributed by atoms with Crippen LogP contribution in [0.25, 0.3) is 16.8 Å². The molecule has 8 heteroatoms. The Hall–Kier alpha value is -3.99. The number of nitriles is 1. The zero-order valence-corrected chi connectivity index (χ0v) is 24.7. The van der Waals surface area contributed by atoms with E-state index in [1.807, 2.05) is 22.7 Å². The molecule has 3 aromatic rings. The third-order valence-corrected chi connectivity index (χ3v) is 10.2. The van der Waals surface area contributed by atoms with Crippen LogP contribution in [0.15, 0.2) is 52.8 Å². The number of amides is 1. The molecule has 0 spiro atoms. The van der Waals surface area contributed by atoms with Gasteiger partial charge in [0.05, 0.1) is 28.7 Å². The van der Waals surface area contributed by atoms with Gasteiger partial charge in [-0.2, -0.15) is 20.6 Å². The SMILES string of the molecule is CC(C)Nc1cc(-c2ccc3cc(C#N)cnn23)ccc1C1=NN=C(C2C[C@H]3CC[C@@H](C2)C3NC(=O)C2(C)CCC2)C1. The number of anilines is 1. The molecule has 0 saturated heterocycles. The first-order valence-electron chi connectivity index (χ1n) is 15.5. The molecule has 2 bridgehead atoms. The fourth-order valence-electron chi connectivity index (χ4n) is 7.70. The van der Waals surface area contributed by atoms with E-state index in [1.54, 1.807) is 6.20 Å². The lowest BCUT2D eigenvalue weighted by Gasteiger charge is -2.41. The first-order valence-corrected chi connectivity index (χ1v) is 15.5. The Morgan fingerprint density at radius 3 is 2.57 bits per heavy atom. The smallest absolute Gasteiger partial charge is 0.226 e. The number of carbonyl (C=O) groups excluding carboxylic acids is 1. The summed E-state index contributed by atoms with van der Waals surface area (Å²) in [6.07, 6.45) is 10.2. The summed E-state index contributed by atoms with van der Waals surface area (Å²) < 4.78 is 1.88. The van der Waals surface area contributed by atoms with Crippen molar-refractivity contribution in [1.82, 2.24) is 14.9 Å². The summed E-state index contributed by atoms with van der Waals surface area (Å²) >= 11 is 0. The summed E-state index contributed by atoms with van der Waals surface area (Å²) in [6, 6.07) is 15.1. The number of benzene rings is 1. The van der Waals surface area contributed by atoms with E-state index in [2.05, 4.69) is 60.8 Å². The first kappa shape index (κ1) is 26.9. The molecule has 216 valence electrons. The summed E-state index contributed by atoms with van der Waals surface area (Å²) in [5, 5.41) is 30.4. The maximum absolute atomic E-state index is 13.0. The number of carbonyl (C=O) groups is 1. The molecular weight excluding hydrogens is 522 g/mol. The minimum atomic E-state index is -0.141. The number of hydrogen-bond donors (Lipinski definition) is 2. The molecule has 2 N–H and O–H groups in total. The van der Waals surface area contributed by atoms with Gasteiger partial charge in [-0.3, -0.25) is 4.79 Å². The van der Waals surface area contributed by atoms with Gasteiger partial charge in [0.1, 0.15) is 6.07 Å². The maximum atomic E-state index is 13.0. The average molecular weight is 562 g/mol. The molecule has 7 rings (SSSR count). The van der Waals surface area contributed by atoms with Crippen molar-refractivity contribution in [2.24, 2.45) is 33.4 Å². The predicted octanol–water partition coefficient (Wildman–Crippen LogP) is 6.35. The van der Waals surface area contributed by atoms with Gasteiger partial charge in [-0.15, -0.1) is 0 Å². The molecular formula is C34H39N7O. The molecule has 0 radical (unpaired) electrons. The third kappa shape index (κ3) is 4.69. The van der Waals surface area contributed by atoms with Crippen LogP contribution in [0, 0.1) is 34.5 Å². The van der Waals surface area contributed by atoms with Crippen LogP contribution in [0.2, 0.25) is 0 Å². The molecule has 3 saturated carbocycles. The molecule has 2 unspecified atom stereocenters. The standard InChI is InChI=1S/C34H39N7O/c1-20(2)37-29-16-22(31-10-8-26-13-21(18-35)19-36-41(26)31)7-9-27(29)30-17-28(39-40-30)25-14-23-5-6-24(15-25)32(23)38-33(42)34(3)11-4-12-34/h7-10,13,16,19-20,23-25,32,37H,4-6,11-12,14-15,17H2,1-3H3,(H,38,42)/t23-,24+,25?,32?. The van der Waals surface area contributed by atoms with E-state index < -0.39 is 0 Å². The Kier molecular flexibility index (Phi) is 6.64. The van der Waals surface area contributed by atoms with Gasteiger partial charge in [0.25, 0.3) is 0 Å². The summed E-state index contributed by atoms with van der Waals surface area (Å²) in [6.45, 7) is 6.42. The third-order valence-electron chi connectivity index (χ3n) is 10.2. The first-order chi connectivity index (χ1) is 20.3. The Bertz CT molecular complexity index is 1640. The second-order valence-corrected chi connectivity index (χ2v) is 13.5. The van der Waals surface area contributed by atoms with E-state index in [1.165, 1.54) is 25.0 Å². The largest absolute Gasteiger partial charge is 0.382 e. The number of aromatic nitrogens is 2. The minimum Gasteiger partial charge on any atom is -0.382 e. The van der Waals surface area contributed by atoms with E-state index in [0.29, 0.717) is 29.4 Å². The molecule has 4 aliphatic rings. The van der Waals surface area contributed by atoms with Crippen molar-refractivity contribution in [1.29, 1.82) is 5.26 Å². The molecule has 42 heavy (non-hydrogen) atoms. The van der Waals surface area contributed by atoms with E-state index >= 15 is 0 Å². The summed E-state index contributed by atoms with van der Waals surface area (Å²) in [4.78, 5) is 13.0. The molecule has 3 aliphatic carbocycles. The van der Waals surface area contributed by atoms with Crippen LogP contribution < -0.4 is 10.6 Å². The highest BCUT2D eigenvalue weighted by Crippen LogP contribution is 2.48. The van der Waals surface area contributed by atoms with E-state index in [0.717, 1.165) is 65.8 Å². The van der Waals surface area contributed by atoms with Crippen molar-refractivity contribution in [3.05, 3.63) is 53.7 Å². The number of nitrogens with one attached hydrogen (secondary N) is 2. The van der Waals surface area contributed by atoms with Crippen LogP contribution in [0.3, 0.4) is 0 Å². The van der Waals surface area contributed by atoms with Gasteiger partial charge in [-0.1, -0.05) is 25.5 Å². The van der Waals surface area contributed by atoms with Crippen molar-refractivity contribution >= 4 is 28.5 Å². The molecule has 1 aliphatic heterocycles. The lowest BCUT2D eigenvalue weighted by atomic mass is 9.69. The lowest BCUT2D eigenvalue weighted by Crippen LogP contribution is -2.52. The van der Waals surface area contributed by atoms with Crippen LogP contribution in [0.4, 0.5) is 5.69 Å². The number of hydrogen-bond acceptors (Lipinski definition) is 6. The molecule has 1 aromatic carbocycles. The molecule has 3 fully saturated rings. The summed E-state index contributed by atoms with van der Waals surface area (Å²) in [5.41, 5.74) is 7.67. The Morgan fingerprint density at radius 2 is 1.88 bits per heavy atom. The van der Waals surface area contributed by atoms with Crippen LogP contribution in [0.1, 0.15) is 83.3 Å². The molecule has 4 atom stereocenters. The Balaban J connectivity index is 1.07. The van der Waals surface area contributed by atoms with Gasteiger partial charge in [-0.25, -0.2) is 4.52 Å². The number of rotatable bonds is 7. The van der Waals surface area contributed by atoms with E-state index in [9.17, 15) is 10.1 Å². The summed E-state index contributed by atoms with van der Waals surface area (Å²) in [7, 11) is 0. The molecule has 3 heterocycles. The monoisotopic (exact) mass is 561 g/mol. The van der Waals surface area contributed by atoms with Gasteiger partial charge in [0.15, 0.2) is 0 Å². The van der Waals surface area contributed by atoms with E-state index in [-0.39, 0.29) is 17.4 Å². The van der Waals surface area contributed by atoms with Gasteiger partial charge >= 0.3 is 0 Å². The highest BCUT2D eigenvalue weighted by molar-refractivity contribution is 6.18. The van der Waals surface area contributed by atoms with Crippen molar-refractivity contribution < 1.29 is 4.79 Å². The Morgan fingerprint density at radius 1 is 1.10 bits per heavy atom. The summed E-state index contributed by atoms with van der Waals surface area (Å²) in [5.74, 6) is 1.80. The predicted molar refractivity (Wildman–Crippen MR) is 166 cm³/mol. The van der Waals surface area contributed by atoms with Crippen molar-refractivity contribution in [3.63, 3.8) is 0 Å². The van der Waals surface area contributed by atoms with Gasteiger partial charge in [0, 0.05) is 52.4 Å². The molecule has 8 nitrogen and oxygen atoms in total. The van der Waals surface area contributed by atoms with Crippen LogP contribution in [-0.2, 0) is 4.79 Å². The van der Waals surface area contributed by atoms with Crippen molar-refractivity contribution in [2.75, 3.05) is 5.32 Å². The highest BCUT2D eigenvalue weighted by atomic mass is 16.2. The number of nitrogens with zero attached hydrogens (tertiary/aromatic N) is 5. The average Bonchev–Trinajstić information content (AvgIpc) is 3.67. The number of fused-ring (bicyclic) bond motifs is 3. The van der Waals surface area contributed by atoms with Gasteiger partial charge in [-0.05, 0) is 88.5 Å². The zero-order valence-electron chi connectivity index (χ0n) is 24.7. The van der Waals surface area contributed by atoms with Crippen LogP contribution in [-0.4, -0.2) is 39.0 Å². The fourth-order valence-corrected chi connectivity index (χ4v) is 7.70. The van der Waals surface area contributed by atoms with E-state index in [4.69, 9.17) is 10.2 Å². The molecule has 2 aromatic heterocycles. The van der Waals surface area contributed by atoms with Gasteiger partial charge in [0.2, 0.25) is 5.91 Å². The van der Waals surface area contributed by atoms with Crippen LogP contribution in [0.5, 0.6) is 0 Å². The quantitative estimate of drug-likeness (QED) is 0.350. The second-order valence-electron chi connectivity index (χ2n) is 13.5. The Labute approximate surface area is 247 Å². The lowest BCUT2D eigenvalue weighted by molar-refractivity contribution is -0.136. The van der Waals surface area contributed by atoms with Crippen LogP contribution >= 0.6 is 0 Å². The van der Waals surface area contributed by atoms with Gasteiger partial charge < -0.3 is 10.6 Å². The minimum absolute atomic E-state index is 0.141. The van der Waals surface area contributed by atoms with Crippen molar-refractivity contribution in [3.8, 4) is 17.3 Å². The fraction of sp³-hybridized carbons (Fsp3) is 0.500. The second kappa shape index (κ2) is 10.4.